The summed E-state index contributed by atoms with van der Waals surface area (Å²) >= 11 is 0. The van der Waals surface area contributed by atoms with Crippen molar-refractivity contribution < 1.29 is 0 Å². The average Bonchev–Trinajstić information content (AvgIpc) is 1.85. The molecule has 3 nitrogen and oxygen atoms in total. The van der Waals surface area contributed by atoms with Gasteiger partial charge in [0, 0.05) is 7.05 Å². The minimum Gasteiger partial charge on any atom is -0.253 e. The molecule has 1 aromatic rings. The predicted octanol–water partition coefficient (Wildman–Crippen LogP) is 0.432. The van der Waals surface area contributed by atoms with Crippen LogP contribution in [0.5, 0.6) is 0 Å². The molecule has 8 heavy (non-hydrogen) atoms. The quantitative estimate of drug-likeness (QED) is 0.486. The molecule has 0 aromatic carbocycles. The monoisotopic (exact) mass is 111 g/mol. The van der Waals surface area contributed by atoms with Crippen molar-refractivity contribution in [2.24, 2.45) is 7.05 Å². The van der Waals surface area contributed by atoms with Crippen molar-refractivity contribution in [2.45, 2.75) is 13.8 Å². The van der Waals surface area contributed by atoms with Crippen LogP contribution in [0.25, 0.3) is 0 Å². The smallest absolute Gasteiger partial charge is 0.147 e. The van der Waals surface area contributed by atoms with E-state index in [9.17, 15) is 0 Å². The molecule has 44 valence electrons. The molecule has 0 amide bonds. The van der Waals surface area contributed by atoms with Crippen LogP contribution in [0.2, 0.25) is 0 Å². The fraction of sp³-hybridized carbons (Fsp3) is 0.600. The third-order valence-electron chi connectivity index (χ3n) is 1.09. The highest BCUT2D eigenvalue weighted by molar-refractivity contribution is 4.85. The van der Waals surface area contributed by atoms with E-state index in [1.54, 1.807) is 4.68 Å². The minimum absolute atomic E-state index is 0.838. The second-order valence-electron chi connectivity index (χ2n) is 1.83. The van der Waals surface area contributed by atoms with E-state index in [-0.39, 0.29) is 0 Å². The van der Waals surface area contributed by atoms with Crippen LogP contribution in [0.15, 0.2) is 0 Å². The zero-order valence-corrected chi connectivity index (χ0v) is 5.34. The maximum atomic E-state index is 4.06. The fourth-order valence-electron chi connectivity index (χ4n) is 0.618. The molecule has 1 aromatic heterocycles. The van der Waals surface area contributed by atoms with Crippen molar-refractivity contribution in [3.63, 3.8) is 0 Å². The van der Waals surface area contributed by atoms with Gasteiger partial charge in [-0.05, 0) is 13.8 Å². The summed E-state index contributed by atoms with van der Waals surface area (Å²) in [5, 5.41) is 4.02. The number of hydrogen-bond donors (Lipinski definition) is 0. The molecule has 0 aliphatic rings. The molecule has 0 aliphatic heterocycles. The zero-order valence-electron chi connectivity index (χ0n) is 5.34. The van der Waals surface area contributed by atoms with Crippen LogP contribution in [0.4, 0.5) is 0 Å². The van der Waals surface area contributed by atoms with E-state index in [2.05, 4.69) is 10.1 Å². The van der Waals surface area contributed by atoms with Gasteiger partial charge < -0.3 is 0 Å². The highest BCUT2D eigenvalue weighted by Gasteiger charge is 1.93. The Kier molecular flexibility index (Phi) is 1.04. The molecule has 0 N–H and O–H groups in total. The van der Waals surface area contributed by atoms with Crippen LogP contribution in [0.1, 0.15) is 11.6 Å². The van der Waals surface area contributed by atoms with E-state index in [1.165, 1.54) is 0 Å². The van der Waals surface area contributed by atoms with Crippen molar-refractivity contribution in [3.8, 4) is 0 Å². The number of hydrogen-bond acceptors (Lipinski definition) is 2. The van der Waals surface area contributed by atoms with Crippen LogP contribution in [0, 0.1) is 13.8 Å². The fourth-order valence-corrected chi connectivity index (χ4v) is 0.618. The Labute approximate surface area is 48.4 Å². The van der Waals surface area contributed by atoms with Gasteiger partial charge in [-0.1, -0.05) is 0 Å². The summed E-state index contributed by atoms with van der Waals surface area (Å²) in [7, 11) is 1.88. The first-order valence-electron chi connectivity index (χ1n) is 2.54. The van der Waals surface area contributed by atoms with E-state index in [1.807, 2.05) is 20.9 Å². The molecule has 1 rings (SSSR count). The summed E-state index contributed by atoms with van der Waals surface area (Å²) < 4.78 is 1.76. The van der Waals surface area contributed by atoms with Crippen LogP contribution in [-0.2, 0) is 7.05 Å². The third-order valence-corrected chi connectivity index (χ3v) is 1.09. The summed E-state index contributed by atoms with van der Waals surface area (Å²) in [5.41, 5.74) is 0. The van der Waals surface area contributed by atoms with Crippen LogP contribution >= 0.6 is 0 Å². The number of rotatable bonds is 0. The third kappa shape index (κ3) is 0.710. The number of nitrogens with zero attached hydrogens (tertiary/aromatic N) is 3. The van der Waals surface area contributed by atoms with Crippen LogP contribution in [-0.4, -0.2) is 14.8 Å². The Morgan fingerprint density at radius 1 is 1.38 bits per heavy atom. The van der Waals surface area contributed by atoms with Crippen molar-refractivity contribution in [1.82, 2.24) is 14.8 Å². The van der Waals surface area contributed by atoms with Gasteiger partial charge in [0.15, 0.2) is 0 Å². The molecular weight excluding hydrogens is 102 g/mol. The Balaban J connectivity index is 3.14. The van der Waals surface area contributed by atoms with E-state index >= 15 is 0 Å². The van der Waals surface area contributed by atoms with Gasteiger partial charge in [0.25, 0.3) is 0 Å². The van der Waals surface area contributed by atoms with Gasteiger partial charge >= 0.3 is 0 Å². The Bertz CT molecular complexity index is 170. The molecule has 0 radical (unpaired) electrons. The lowest BCUT2D eigenvalue weighted by Crippen LogP contribution is -1.92. The number of aryl methyl sites for hydroxylation is 3. The van der Waals surface area contributed by atoms with Crippen molar-refractivity contribution >= 4 is 0 Å². The maximum absolute atomic E-state index is 4.06. The van der Waals surface area contributed by atoms with Gasteiger partial charge in [0.2, 0.25) is 0 Å². The van der Waals surface area contributed by atoms with Crippen molar-refractivity contribution in [2.75, 3.05) is 0 Å². The first-order chi connectivity index (χ1) is 3.70. The van der Waals surface area contributed by atoms with E-state index in [0.717, 1.165) is 11.6 Å². The standard InChI is InChI=1S/C5H9N3/c1-4-6-5(2)8(3)7-4/h1-3H3. The Morgan fingerprint density at radius 2 is 2.00 bits per heavy atom. The molecular formula is C5H9N3. The summed E-state index contributed by atoms with van der Waals surface area (Å²) in [6, 6.07) is 0. The Morgan fingerprint density at radius 3 is 2.12 bits per heavy atom. The SMILES string of the molecule is Cc1nc(C)n(C)n1. The van der Waals surface area contributed by atoms with Gasteiger partial charge in [-0.25, -0.2) is 4.98 Å². The summed E-state index contributed by atoms with van der Waals surface area (Å²) in [5.74, 6) is 1.80. The molecule has 0 saturated carbocycles. The largest absolute Gasteiger partial charge is 0.253 e. The molecule has 3 heteroatoms. The van der Waals surface area contributed by atoms with Gasteiger partial charge in [-0.2, -0.15) is 5.10 Å². The van der Waals surface area contributed by atoms with Crippen LogP contribution in [0.3, 0.4) is 0 Å². The van der Waals surface area contributed by atoms with Gasteiger partial charge in [0.1, 0.15) is 11.6 Å². The lowest BCUT2D eigenvalue weighted by Gasteiger charge is -1.84. The Hall–Kier alpha value is -0.860. The molecule has 0 fully saturated rings. The molecule has 0 atom stereocenters. The van der Waals surface area contributed by atoms with E-state index in [4.69, 9.17) is 0 Å². The maximum Gasteiger partial charge on any atom is 0.147 e. The molecule has 0 bridgehead atoms. The lowest BCUT2D eigenvalue weighted by atomic mass is 10.7. The minimum atomic E-state index is 0.838. The first kappa shape index (κ1) is 5.28. The summed E-state index contributed by atoms with van der Waals surface area (Å²) in [6.45, 7) is 3.81. The summed E-state index contributed by atoms with van der Waals surface area (Å²) in [6.07, 6.45) is 0. The van der Waals surface area contributed by atoms with Gasteiger partial charge in [0.05, 0.1) is 0 Å². The van der Waals surface area contributed by atoms with Crippen molar-refractivity contribution in [3.05, 3.63) is 11.6 Å². The van der Waals surface area contributed by atoms with Gasteiger partial charge in [-0.15, -0.1) is 0 Å². The lowest BCUT2D eigenvalue weighted by molar-refractivity contribution is 0.728. The zero-order chi connectivity index (χ0) is 6.15. The molecule has 0 aliphatic carbocycles. The summed E-state index contributed by atoms with van der Waals surface area (Å²) in [4.78, 5) is 4.06. The van der Waals surface area contributed by atoms with E-state index < -0.39 is 0 Å². The van der Waals surface area contributed by atoms with Crippen molar-refractivity contribution in [1.29, 1.82) is 0 Å². The number of aromatic nitrogens is 3. The van der Waals surface area contributed by atoms with Gasteiger partial charge in [-0.3, -0.25) is 4.68 Å². The second kappa shape index (κ2) is 1.58. The highest BCUT2D eigenvalue weighted by Crippen LogP contribution is 1.89. The first-order valence-corrected chi connectivity index (χ1v) is 2.54. The molecule has 1 heterocycles. The highest BCUT2D eigenvalue weighted by atomic mass is 15.3. The average molecular weight is 111 g/mol. The van der Waals surface area contributed by atoms with Crippen LogP contribution < -0.4 is 0 Å². The molecule has 0 saturated heterocycles. The normalized spacial score (nSPS) is 9.88. The predicted molar refractivity (Wildman–Crippen MR) is 30.5 cm³/mol. The molecule has 0 spiro atoms. The second-order valence-corrected chi connectivity index (χ2v) is 1.83. The molecule has 0 unspecified atom stereocenters. The van der Waals surface area contributed by atoms with E-state index in [0.29, 0.717) is 0 Å². The topological polar surface area (TPSA) is 30.7 Å².